The largest absolute Gasteiger partial charge is 0.619 e. The van der Waals surface area contributed by atoms with Gasteiger partial charge in [0.05, 0.1) is 11.1 Å². The number of benzene rings is 1. The maximum Gasteiger partial charge on any atom is 0.251 e. The summed E-state index contributed by atoms with van der Waals surface area (Å²) in [5, 5.41) is 14.9. The average molecular weight is 293 g/mol. The lowest BCUT2D eigenvalue weighted by molar-refractivity contribution is -0.605. The molecule has 0 aliphatic rings. The van der Waals surface area contributed by atoms with Crippen LogP contribution >= 0.6 is 0 Å². The fraction of sp³-hybridized carbons (Fsp3) is 0.118. The zero-order valence-electron chi connectivity index (χ0n) is 11.9. The highest BCUT2D eigenvalue weighted by Crippen LogP contribution is 2.15. The molecule has 0 atom stereocenters. The van der Waals surface area contributed by atoms with Crippen LogP contribution in [-0.2, 0) is 6.42 Å². The highest BCUT2D eigenvalue weighted by Gasteiger charge is 2.07. The standard InChI is InChI=1S/C17H15N3O2/c21-17(15-7-11-20(22)12-8-15)19-10-6-14-4-1-3-13-5-2-9-18-16(13)14/h1-5,7-9,11-12H,6,10H2,(H,19,21). The highest BCUT2D eigenvalue weighted by molar-refractivity contribution is 5.93. The number of rotatable bonds is 4. The predicted molar refractivity (Wildman–Crippen MR) is 83.2 cm³/mol. The first-order valence-corrected chi connectivity index (χ1v) is 7.04. The molecule has 5 heteroatoms. The first-order valence-electron chi connectivity index (χ1n) is 7.04. The lowest BCUT2D eigenvalue weighted by Crippen LogP contribution is -2.28. The van der Waals surface area contributed by atoms with Crippen LogP contribution in [0.5, 0.6) is 0 Å². The molecule has 1 N–H and O–H groups in total. The van der Waals surface area contributed by atoms with Crippen LogP contribution in [0.4, 0.5) is 0 Å². The number of hydrogen-bond acceptors (Lipinski definition) is 3. The monoisotopic (exact) mass is 293 g/mol. The van der Waals surface area contributed by atoms with Crippen molar-refractivity contribution in [3.63, 3.8) is 0 Å². The normalized spacial score (nSPS) is 10.5. The third-order valence-corrected chi connectivity index (χ3v) is 3.46. The second-order valence-electron chi connectivity index (χ2n) is 4.94. The molecule has 0 bridgehead atoms. The van der Waals surface area contributed by atoms with Crippen LogP contribution in [0.3, 0.4) is 0 Å². The molecule has 5 nitrogen and oxygen atoms in total. The summed E-state index contributed by atoms with van der Waals surface area (Å²) in [5.74, 6) is -0.186. The lowest BCUT2D eigenvalue weighted by Gasteiger charge is -2.07. The van der Waals surface area contributed by atoms with E-state index in [2.05, 4.69) is 10.3 Å². The maximum absolute atomic E-state index is 12.0. The zero-order valence-corrected chi connectivity index (χ0v) is 11.9. The average Bonchev–Trinajstić information content (AvgIpc) is 2.55. The number of hydrogen-bond donors (Lipinski definition) is 1. The molecule has 0 saturated heterocycles. The Morgan fingerprint density at radius 2 is 1.91 bits per heavy atom. The molecule has 0 fully saturated rings. The highest BCUT2D eigenvalue weighted by atomic mass is 16.5. The van der Waals surface area contributed by atoms with E-state index in [0.717, 1.165) is 16.5 Å². The van der Waals surface area contributed by atoms with E-state index in [1.807, 2.05) is 30.3 Å². The van der Waals surface area contributed by atoms with E-state index in [0.29, 0.717) is 23.3 Å². The van der Waals surface area contributed by atoms with Crippen LogP contribution in [0.2, 0.25) is 0 Å². The minimum absolute atomic E-state index is 0.186. The molecular weight excluding hydrogens is 278 g/mol. The Morgan fingerprint density at radius 3 is 2.73 bits per heavy atom. The number of aromatic nitrogens is 2. The molecule has 22 heavy (non-hydrogen) atoms. The van der Waals surface area contributed by atoms with Gasteiger partial charge in [-0.1, -0.05) is 24.3 Å². The fourth-order valence-electron chi connectivity index (χ4n) is 2.35. The molecule has 0 saturated carbocycles. The van der Waals surface area contributed by atoms with Gasteiger partial charge in [-0.3, -0.25) is 9.78 Å². The SMILES string of the molecule is O=C(NCCc1cccc2cccnc12)c1cc[n+]([O-])cc1. The summed E-state index contributed by atoms with van der Waals surface area (Å²) in [6, 6.07) is 13.0. The molecule has 3 rings (SSSR count). The summed E-state index contributed by atoms with van der Waals surface area (Å²) in [5.41, 5.74) is 2.54. The predicted octanol–water partition coefficient (Wildman–Crippen LogP) is 1.84. The molecule has 3 aromatic rings. The number of nitrogens with zero attached hydrogens (tertiary/aromatic N) is 2. The van der Waals surface area contributed by atoms with Crippen LogP contribution in [-0.4, -0.2) is 17.4 Å². The Hall–Kier alpha value is -2.95. The maximum atomic E-state index is 12.0. The van der Waals surface area contributed by atoms with Gasteiger partial charge in [-0.25, -0.2) is 0 Å². The summed E-state index contributed by atoms with van der Waals surface area (Å²) in [6.45, 7) is 0.515. The molecule has 0 spiro atoms. The topological polar surface area (TPSA) is 68.9 Å². The van der Waals surface area contributed by atoms with Gasteiger partial charge in [-0.2, -0.15) is 4.73 Å². The van der Waals surface area contributed by atoms with Gasteiger partial charge in [-0.15, -0.1) is 0 Å². The van der Waals surface area contributed by atoms with E-state index in [4.69, 9.17) is 0 Å². The first-order chi connectivity index (χ1) is 10.7. The van der Waals surface area contributed by atoms with Gasteiger partial charge in [0.15, 0.2) is 12.4 Å². The third kappa shape index (κ3) is 3.03. The number of nitrogens with one attached hydrogen (secondary N) is 1. The number of carbonyl (C=O) groups is 1. The van der Waals surface area contributed by atoms with Gasteiger partial charge in [0.2, 0.25) is 0 Å². The molecule has 0 radical (unpaired) electrons. The number of amides is 1. The first kappa shape index (κ1) is 14.0. The van der Waals surface area contributed by atoms with Gasteiger partial charge < -0.3 is 10.5 Å². The van der Waals surface area contributed by atoms with E-state index in [1.54, 1.807) is 6.20 Å². The molecule has 0 aliphatic heterocycles. The van der Waals surface area contributed by atoms with Crippen LogP contribution in [0, 0.1) is 5.21 Å². The Labute approximate surface area is 127 Å². The van der Waals surface area contributed by atoms with Gasteiger partial charge in [0, 0.05) is 30.3 Å². The van der Waals surface area contributed by atoms with Crippen molar-refractivity contribution in [1.82, 2.24) is 10.3 Å². The van der Waals surface area contributed by atoms with E-state index in [9.17, 15) is 10.0 Å². The Morgan fingerprint density at radius 1 is 1.14 bits per heavy atom. The van der Waals surface area contributed by atoms with Crippen molar-refractivity contribution in [3.05, 3.63) is 77.4 Å². The second-order valence-corrected chi connectivity index (χ2v) is 4.94. The van der Waals surface area contributed by atoms with E-state index >= 15 is 0 Å². The van der Waals surface area contributed by atoms with Crippen LogP contribution in [0.25, 0.3) is 10.9 Å². The Bertz CT molecular complexity index is 795. The minimum Gasteiger partial charge on any atom is -0.619 e. The van der Waals surface area contributed by atoms with E-state index < -0.39 is 0 Å². The molecular formula is C17H15N3O2. The van der Waals surface area contributed by atoms with E-state index in [1.165, 1.54) is 24.5 Å². The Balaban J connectivity index is 1.65. The number of pyridine rings is 2. The molecule has 1 amide bonds. The zero-order chi connectivity index (χ0) is 15.4. The molecule has 110 valence electrons. The van der Waals surface area contributed by atoms with Crippen LogP contribution in [0.15, 0.2) is 61.1 Å². The van der Waals surface area contributed by atoms with Crippen LogP contribution < -0.4 is 10.0 Å². The number of para-hydroxylation sites is 1. The summed E-state index contributed by atoms with van der Waals surface area (Å²) < 4.78 is 0.651. The fourth-order valence-corrected chi connectivity index (χ4v) is 2.35. The van der Waals surface area contributed by atoms with Crippen molar-refractivity contribution in [2.45, 2.75) is 6.42 Å². The van der Waals surface area contributed by atoms with Crippen molar-refractivity contribution in [3.8, 4) is 0 Å². The summed E-state index contributed by atoms with van der Waals surface area (Å²) >= 11 is 0. The molecule has 1 aromatic carbocycles. The third-order valence-electron chi connectivity index (χ3n) is 3.46. The quantitative estimate of drug-likeness (QED) is 0.589. The molecule has 2 heterocycles. The van der Waals surface area contributed by atoms with Gasteiger partial charge in [0.1, 0.15) is 0 Å². The van der Waals surface area contributed by atoms with Gasteiger partial charge in [-0.05, 0) is 18.1 Å². The van der Waals surface area contributed by atoms with Crippen molar-refractivity contribution < 1.29 is 9.52 Å². The van der Waals surface area contributed by atoms with Crippen molar-refractivity contribution >= 4 is 16.8 Å². The van der Waals surface area contributed by atoms with Crippen LogP contribution in [0.1, 0.15) is 15.9 Å². The van der Waals surface area contributed by atoms with E-state index in [-0.39, 0.29) is 5.91 Å². The molecule has 0 unspecified atom stereocenters. The molecule has 0 aliphatic carbocycles. The van der Waals surface area contributed by atoms with Gasteiger partial charge in [0.25, 0.3) is 5.91 Å². The number of fused-ring (bicyclic) bond motifs is 1. The molecule has 2 aromatic heterocycles. The smallest absolute Gasteiger partial charge is 0.251 e. The van der Waals surface area contributed by atoms with Crippen molar-refractivity contribution in [2.75, 3.05) is 6.54 Å². The van der Waals surface area contributed by atoms with Crippen molar-refractivity contribution in [2.24, 2.45) is 0 Å². The second kappa shape index (κ2) is 6.22. The number of carbonyl (C=O) groups excluding carboxylic acids is 1. The Kier molecular flexibility index (Phi) is 3.96. The van der Waals surface area contributed by atoms with Gasteiger partial charge >= 0.3 is 0 Å². The summed E-state index contributed by atoms with van der Waals surface area (Å²) in [7, 11) is 0. The summed E-state index contributed by atoms with van der Waals surface area (Å²) in [6.07, 6.45) is 5.09. The summed E-state index contributed by atoms with van der Waals surface area (Å²) in [4.78, 5) is 16.4. The minimum atomic E-state index is -0.186. The van der Waals surface area contributed by atoms with Crippen molar-refractivity contribution in [1.29, 1.82) is 0 Å². The lowest BCUT2D eigenvalue weighted by atomic mass is 10.1.